The maximum atomic E-state index is 6.11. The molecule has 0 spiro atoms. The third kappa shape index (κ3) is 3.80. The molecule has 0 aliphatic rings. The fraction of sp³-hybridized carbons (Fsp3) is 0.647. The smallest absolute Gasteiger partial charge is 0.151 e. The van der Waals surface area contributed by atoms with Crippen molar-refractivity contribution in [1.29, 1.82) is 0 Å². The molecule has 0 saturated carbocycles. The summed E-state index contributed by atoms with van der Waals surface area (Å²) in [6.07, 6.45) is 5.71. The first-order valence-electron chi connectivity index (χ1n) is 8.15. The summed E-state index contributed by atoms with van der Waals surface area (Å²) in [5.41, 5.74) is 10.1. The van der Waals surface area contributed by atoms with E-state index in [4.69, 9.17) is 15.5 Å². The molecule has 128 valence electrons. The second-order valence-corrected chi connectivity index (χ2v) is 6.94. The first-order chi connectivity index (χ1) is 11.0. The molecular formula is C17H28N4OS. The third-order valence-corrected chi connectivity index (χ3v) is 5.07. The molecule has 0 bridgehead atoms. The van der Waals surface area contributed by atoms with Gasteiger partial charge < -0.3 is 15.0 Å². The van der Waals surface area contributed by atoms with E-state index >= 15 is 0 Å². The summed E-state index contributed by atoms with van der Waals surface area (Å²) in [6, 6.07) is 0. The maximum absolute atomic E-state index is 6.11. The van der Waals surface area contributed by atoms with E-state index in [1.165, 1.54) is 18.6 Å². The van der Waals surface area contributed by atoms with Gasteiger partial charge in [0.05, 0.1) is 5.52 Å². The number of nitrogens with zero attached hydrogens (tertiary/aromatic N) is 3. The minimum Gasteiger partial charge on any atom is -0.382 e. The number of nitrogens with two attached hydrogens (primary N) is 1. The zero-order chi connectivity index (χ0) is 17.0. The van der Waals surface area contributed by atoms with Crippen LogP contribution in [0.2, 0.25) is 0 Å². The summed E-state index contributed by atoms with van der Waals surface area (Å²) in [5, 5.41) is 0. The van der Waals surface area contributed by atoms with Crippen molar-refractivity contribution in [2.45, 2.75) is 52.7 Å². The van der Waals surface area contributed by atoms with Crippen LogP contribution in [0.1, 0.15) is 49.4 Å². The molecule has 2 heterocycles. The predicted molar refractivity (Wildman–Crippen MR) is 99.1 cm³/mol. The van der Waals surface area contributed by atoms with Gasteiger partial charge >= 0.3 is 0 Å². The number of hydrogen-bond donors (Lipinski definition) is 1. The highest BCUT2D eigenvalue weighted by molar-refractivity contribution is 7.98. The summed E-state index contributed by atoms with van der Waals surface area (Å²) in [6.45, 7) is 7.06. The molecule has 0 saturated heterocycles. The number of ether oxygens (including phenoxy) is 1. The van der Waals surface area contributed by atoms with Gasteiger partial charge in [-0.15, -0.1) is 0 Å². The van der Waals surface area contributed by atoms with Crippen LogP contribution in [0.15, 0.2) is 0 Å². The normalized spacial score (nSPS) is 12.9. The average Bonchev–Trinajstić information content (AvgIpc) is 2.92. The molecule has 1 atom stereocenters. The molecule has 1 unspecified atom stereocenters. The van der Waals surface area contributed by atoms with Gasteiger partial charge in [-0.3, -0.25) is 0 Å². The fourth-order valence-corrected chi connectivity index (χ4v) is 3.35. The van der Waals surface area contributed by atoms with Gasteiger partial charge in [0.25, 0.3) is 0 Å². The quantitative estimate of drug-likeness (QED) is 0.741. The Morgan fingerprint density at radius 1 is 1.22 bits per heavy atom. The highest BCUT2D eigenvalue weighted by atomic mass is 32.2. The number of thioether (sulfide) groups is 1. The number of anilines is 1. The fourth-order valence-electron chi connectivity index (χ4n) is 2.85. The summed E-state index contributed by atoms with van der Waals surface area (Å²) >= 11 is 1.91. The monoisotopic (exact) mass is 336 g/mol. The SMILES string of the molecule is COC(C)c1nc2c(N)nc(C)c(C)c2n1CCCCCSC. The Hall–Kier alpha value is -1.27. The molecule has 0 aliphatic heterocycles. The van der Waals surface area contributed by atoms with Gasteiger partial charge in [0.1, 0.15) is 17.4 Å². The van der Waals surface area contributed by atoms with E-state index in [1.54, 1.807) is 7.11 Å². The lowest BCUT2D eigenvalue weighted by atomic mass is 10.2. The highest BCUT2D eigenvalue weighted by Gasteiger charge is 2.20. The molecule has 23 heavy (non-hydrogen) atoms. The largest absolute Gasteiger partial charge is 0.382 e. The Labute approximate surface area is 143 Å². The molecule has 2 aromatic heterocycles. The number of pyridine rings is 1. The van der Waals surface area contributed by atoms with Gasteiger partial charge in [0.2, 0.25) is 0 Å². The third-order valence-electron chi connectivity index (χ3n) is 4.37. The molecule has 0 aromatic carbocycles. The van der Waals surface area contributed by atoms with E-state index in [-0.39, 0.29) is 6.10 Å². The maximum Gasteiger partial charge on any atom is 0.151 e. The minimum absolute atomic E-state index is 0.0623. The Bertz CT molecular complexity index is 668. The van der Waals surface area contributed by atoms with Crippen LogP contribution in [-0.4, -0.2) is 33.7 Å². The highest BCUT2D eigenvalue weighted by Crippen LogP contribution is 2.29. The molecule has 2 rings (SSSR count). The molecule has 0 fully saturated rings. The zero-order valence-electron chi connectivity index (χ0n) is 14.8. The summed E-state index contributed by atoms with van der Waals surface area (Å²) < 4.78 is 7.79. The lowest BCUT2D eigenvalue weighted by Gasteiger charge is -2.14. The van der Waals surface area contributed by atoms with Gasteiger partial charge in [-0.1, -0.05) is 6.42 Å². The Morgan fingerprint density at radius 3 is 2.61 bits per heavy atom. The van der Waals surface area contributed by atoms with Gasteiger partial charge in [0, 0.05) is 19.3 Å². The van der Waals surface area contributed by atoms with Crippen LogP contribution >= 0.6 is 11.8 Å². The van der Waals surface area contributed by atoms with Crippen LogP contribution in [-0.2, 0) is 11.3 Å². The average molecular weight is 337 g/mol. The number of unbranched alkanes of at least 4 members (excludes halogenated alkanes) is 2. The van der Waals surface area contributed by atoms with Gasteiger partial charge in [0.15, 0.2) is 5.82 Å². The Kier molecular flexibility index (Phi) is 6.30. The summed E-state index contributed by atoms with van der Waals surface area (Å²) in [4.78, 5) is 9.17. The van der Waals surface area contributed by atoms with Crippen molar-refractivity contribution in [3.8, 4) is 0 Å². The zero-order valence-corrected chi connectivity index (χ0v) is 15.7. The van der Waals surface area contributed by atoms with Crippen molar-refractivity contribution in [3.05, 3.63) is 17.1 Å². The van der Waals surface area contributed by atoms with E-state index in [0.717, 1.165) is 41.1 Å². The van der Waals surface area contributed by atoms with Crippen molar-refractivity contribution < 1.29 is 4.74 Å². The van der Waals surface area contributed by atoms with E-state index in [1.807, 2.05) is 25.6 Å². The minimum atomic E-state index is -0.0623. The van der Waals surface area contributed by atoms with E-state index < -0.39 is 0 Å². The van der Waals surface area contributed by atoms with Crippen molar-refractivity contribution in [1.82, 2.24) is 14.5 Å². The lowest BCUT2D eigenvalue weighted by Crippen LogP contribution is -2.09. The molecule has 0 amide bonds. The van der Waals surface area contributed by atoms with Crippen LogP contribution in [0.3, 0.4) is 0 Å². The number of nitrogen functional groups attached to an aromatic ring is 1. The van der Waals surface area contributed by atoms with Crippen molar-refractivity contribution >= 4 is 28.6 Å². The van der Waals surface area contributed by atoms with Gasteiger partial charge in [-0.25, -0.2) is 9.97 Å². The second-order valence-electron chi connectivity index (χ2n) is 5.96. The number of rotatable bonds is 8. The number of fused-ring (bicyclic) bond motifs is 1. The molecule has 0 radical (unpaired) electrons. The van der Waals surface area contributed by atoms with Gasteiger partial charge in [-0.05, 0) is 51.2 Å². The first kappa shape index (κ1) is 18.1. The molecule has 0 aliphatic carbocycles. The predicted octanol–water partition coefficient (Wildman–Crippen LogP) is 3.87. The Balaban J connectivity index is 2.41. The number of methoxy groups -OCH3 is 1. The van der Waals surface area contributed by atoms with E-state index in [9.17, 15) is 0 Å². The number of aromatic nitrogens is 3. The second kappa shape index (κ2) is 8.02. The van der Waals surface area contributed by atoms with Crippen molar-refractivity contribution in [2.75, 3.05) is 24.9 Å². The lowest BCUT2D eigenvalue weighted by molar-refractivity contribution is 0.109. The van der Waals surface area contributed by atoms with Crippen LogP contribution in [0.4, 0.5) is 5.82 Å². The molecule has 6 heteroatoms. The van der Waals surface area contributed by atoms with Crippen molar-refractivity contribution in [3.63, 3.8) is 0 Å². The van der Waals surface area contributed by atoms with Crippen LogP contribution in [0.5, 0.6) is 0 Å². The van der Waals surface area contributed by atoms with Crippen molar-refractivity contribution in [2.24, 2.45) is 0 Å². The van der Waals surface area contributed by atoms with Gasteiger partial charge in [-0.2, -0.15) is 11.8 Å². The van der Waals surface area contributed by atoms with E-state index in [0.29, 0.717) is 5.82 Å². The molecular weight excluding hydrogens is 308 g/mol. The van der Waals surface area contributed by atoms with Crippen LogP contribution in [0, 0.1) is 13.8 Å². The molecule has 5 nitrogen and oxygen atoms in total. The summed E-state index contributed by atoms with van der Waals surface area (Å²) in [5.74, 6) is 2.67. The summed E-state index contributed by atoms with van der Waals surface area (Å²) in [7, 11) is 1.71. The van der Waals surface area contributed by atoms with E-state index in [2.05, 4.69) is 22.7 Å². The van der Waals surface area contributed by atoms with Crippen LogP contribution in [0.25, 0.3) is 11.0 Å². The number of aryl methyl sites for hydroxylation is 3. The molecule has 2 aromatic rings. The number of imidazole rings is 1. The number of hydrogen-bond acceptors (Lipinski definition) is 5. The van der Waals surface area contributed by atoms with Crippen LogP contribution < -0.4 is 5.73 Å². The molecule has 2 N–H and O–H groups in total. The topological polar surface area (TPSA) is 66.0 Å². The Morgan fingerprint density at radius 2 is 1.96 bits per heavy atom. The first-order valence-corrected chi connectivity index (χ1v) is 9.55. The standard InChI is InChI=1S/C17H28N4OS/c1-11-12(2)19-16(18)14-15(11)21(9-7-6-8-10-23-5)17(20-14)13(3)22-4/h13H,6-10H2,1-5H3,(H2,18,19).